The molecule has 0 aromatic carbocycles. The summed E-state index contributed by atoms with van der Waals surface area (Å²) in [5.41, 5.74) is 0. The number of guanidine groups is 1. The van der Waals surface area contributed by atoms with Crippen molar-refractivity contribution in [3.63, 3.8) is 0 Å². The number of nitrogens with zero attached hydrogens (tertiary/aromatic N) is 3. The second kappa shape index (κ2) is 12.8. The molecule has 2 N–H and O–H groups in total. The third-order valence-corrected chi connectivity index (χ3v) is 6.34. The fourth-order valence-electron chi connectivity index (χ4n) is 3.58. The van der Waals surface area contributed by atoms with E-state index in [2.05, 4.69) is 45.8 Å². The number of amides is 1. The van der Waals surface area contributed by atoms with Crippen LogP contribution in [0.1, 0.15) is 31.6 Å². The Bertz CT molecular complexity index is 611. The van der Waals surface area contributed by atoms with Gasteiger partial charge < -0.3 is 20.3 Å². The molecule has 0 spiro atoms. The summed E-state index contributed by atoms with van der Waals surface area (Å²) in [7, 11) is 3.51. The number of thiophene rings is 1. The molecule has 0 saturated carbocycles. The van der Waals surface area contributed by atoms with E-state index in [1.54, 1.807) is 30.3 Å². The molecule has 8 heteroatoms. The van der Waals surface area contributed by atoms with E-state index in [-0.39, 0.29) is 12.5 Å². The van der Waals surface area contributed by atoms with Crippen LogP contribution in [-0.4, -0.2) is 81.2 Å². The van der Waals surface area contributed by atoms with E-state index in [4.69, 9.17) is 4.74 Å². The zero-order chi connectivity index (χ0) is 21.1. The standard InChI is InChI=1S/C21H37N5O2S/c1-5-17(6-2)19(26-9-11-28-12-10-26)15-23-21(24-16-20(27)25(3)4)22-14-18-8-7-13-29-18/h7-8,13,17,19H,5-6,9-12,14-16H2,1-4H3,(H2,22,23,24). The van der Waals surface area contributed by atoms with Gasteiger partial charge in [-0.25, -0.2) is 4.99 Å². The van der Waals surface area contributed by atoms with E-state index in [1.165, 1.54) is 4.88 Å². The van der Waals surface area contributed by atoms with E-state index < -0.39 is 0 Å². The molecule has 2 heterocycles. The molecule has 1 unspecified atom stereocenters. The number of morpholine rings is 1. The van der Waals surface area contributed by atoms with Crippen LogP contribution in [-0.2, 0) is 16.1 Å². The summed E-state index contributed by atoms with van der Waals surface area (Å²) < 4.78 is 5.55. The molecule has 164 valence electrons. The second-order valence-corrected chi connectivity index (χ2v) is 8.59. The highest BCUT2D eigenvalue weighted by molar-refractivity contribution is 7.09. The van der Waals surface area contributed by atoms with Gasteiger partial charge in [0.25, 0.3) is 0 Å². The number of hydrogen-bond donors (Lipinski definition) is 2. The van der Waals surface area contributed by atoms with Crippen molar-refractivity contribution in [2.24, 2.45) is 10.9 Å². The van der Waals surface area contributed by atoms with Gasteiger partial charge in [0.2, 0.25) is 5.91 Å². The van der Waals surface area contributed by atoms with Gasteiger partial charge in [0.15, 0.2) is 5.96 Å². The van der Waals surface area contributed by atoms with Gasteiger partial charge in [-0.05, 0) is 17.4 Å². The van der Waals surface area contributed by atoms with Crippen LogP contribution < -0.4 is 10.6 Å². The number of carbonyl (C=O) groups is 1. The average Bonchev–Trinajstić information content (AvgIpc) is 3.26. The van der Waals surface area contributed by atoms with E-state index in [0.717, 1.165) is 45.7 Å². The van der Waals surface area contributed by atoms with Crippen LogP contribution in [0.5, 0.6) is 0 Å². The van der Waals surface area contributed by atoms with Gasteiger partial charge in [-0.3, -0.25) is 9.69 Å². The van der Waals surface area contributed by atoms with Crippen molar-refractivity contribution in [1.29, 1.82) is 0 Å². The zero-order valence-corrected chi connectivity index (χ0v) is 19.1. The molecule has 1 fully saturated rings. The first kappa shape index (κ1) is 23.6. The molecular weight excluding hydrogens is 386 g/mol. The molecule has 2 rings (SSSR count). The molecule has 1 aliphatic heterocycles. The van der Waals surface area contributed by atoms with Crippen LogP contribution in [0.15, 0.2) is 22.5 Å². The van der Waals surface area contributed by atoms with Crippen molar-refractivity contribution in [1.82, 2.24) is 20.4 Å². The summed E-state index contributed by atoms with van der Waals surface area (Å²) in [6, 6.07) is 4.57. The summed E-state index contributed by atoms with van der Waals surface area (Å²) in [6.07, 6.45) is 2.29. The molecule has 1 aromatic rings. The van der Waals surface area contributed by atoms with Gasteiger partial charge in [0, 0.05) is 44.6 Å². The highest BCUT2D eigenvalue weighted by atomic mass is 32.1. The Kier molecular flexibility index (Phi) is 10.5. The molecule has 29 heavy (non-hydrogen) atoms. The third kappa shape index (κ3) is 7.95. The largest absolute Gasteiger partial charge is 0.379 e. The molecule has 0 aliphatic carbocycles. The van der Waals surface area contributed by atoms with Crippen molar-refractivity contribution >= 4 is 23.2 Å². The van der Waals surface area contributed by atoms with Crippen molar-refractivity contribution in [3.05, 3.63) is 22.4 Å². The van der Waals surface area contributed by atoms with Crippen molar-refractivity contribution in [2.75, 3.05) is 53.5 Å². The minimum absolute atomic E-state index is 0.00746. The number of rotatable bonds is 10. The molecule has 0 bridgehead atoms. The van der Waals surface area contributed by atoms with Gasteiger partial charge in [-0.15, -0.1) is 11.3 Å². The second-order valence-electron chi connectivity index (χ2n) is 7.56. The van der Waals surface area contributed by atoms with Gasteiger partial charge in [-0.2, -0.15) is 0 Å². The Balaban J connectivity index is 2.04. The van der Waals surface area contributed by atoms with Crippen LogP contribution in [0, 0.1) is 5.92 Å². The maximum absolute atomic E-state index is 12.0. The fourth-order valence-corrected chi connectivity index (χ4v) is 4.23. The van der Waals surface area contributed by atoms with Crippen molar-refractivity contribution < 1.29 is 9.53 Å². The lowest BCUT2D eigenvalue weighted by Crippen LogP contribution is -2.53. The lowest BCUT2D eigenvalue weighted by molar-refractivity contribution is -0.127. The van der Waals surface area contributed by atoms with Crippen LogP contribution in [0.2, 0.25) is 0 Å². The SMILES string of the molecule is CCC(CC)C(CNC(=NCC(=O)N(C)C)NCc1cccs1)N1CCOCC1. The highest BCUT2D eigenvalue weighted by Crippen LogP contribution is 2.19. The Labute approximate surface area is 179 Å². The minimum Gasteiger partial charge on any atom is -0.379 e. The lowest BCUT2D eigenvalue weighted by atomic mass is 9.92. The molecule has 1 amide bonds. The molecule has 1 aliphatic rings. The third-order valence-electron chi connectivity index (χ3n) is 5.47. The quantitative estimate of drug-likeness (QED) is 0.445. The maximum atomic E-state index is 12.0. The number of hydrogen-bond acceptors (Lipinski definition) is 5. The molecular formula is C21H37N5O2S. The monoisotopic (exact) mass is 423 g/mol. The first-order valence-electron chi connectivity index (χ1n) is 10.6. The summed E-state index contributed by atoms with van der Waals surface area (Å²) in [4.78, 5) is 21.9. The molecule has 7 nitrogen and oxygen atoms in total. The van der Waals surface area contributed by atoms with Gasteiger partial charge in [0.05, 0.1) is 19.8 Å². The molecule has 1 aromatic heterocycles. The predicted molar refractivity (Wildman–Crippen MR) is 120 cm³/mol. The smallest absolute Gasteiger partial charge is 0.243 e. The predicted octanol–water partition coefficient (Wildman–Crippen LogP) is 2.01. The topological polar surface area (TPSA) is 69.2 Å². The Hall–Kier alpha value is -1.64. The number of aliphatic imine (C=N–C) groups is 1. The Morgan fingerprint density at radius 3 is 2.59 bits per heavy atom. The normalized spacial score (nSPS) is 16.7. The van der Waals surface area contributed by atoms with Gasteiger partial charge in [-0.1, -0.05) is 32.8 Å². The van der Waals surface area contributed by atoms with E-state index in [0.29, 0.717) is 24.5 Å². The van der Waals surface area contributed by atoms with Gasteiger partial charge in [0.1, 0.15) is 6.54 Å². The number of nitrogens with one attached hydrogen (secondary N) is 2. The van der Waals surface area contributed by atoms with Crippen LogP contribution in [0.4, 0.5) is 0 Å². The van der Waals surface area contributed by atoms with E-state index in [9.17, 15) is 4.79 Å². The number of carbonyl (C=O) groups excluding carboxylic acids is 1. The number of likely N-dealkylation sites (N-methyl/N-ethyl adjacent to an activating group) is 1. The average molecular weight is 424 g/mol. The van der Waals surface area contributed by atoms with Crippen LogP contribution in [0.3, 0.4) is 0 Å². The molecule has 1 atom stereocenters. The van der Waals surface area contributed by atoms with Crippen LogP contribution in [0.25, 0.3) is 0 Å². The summed E-state index contributed by atoms with van der Waals surface area (Å²) in [5, 5.41) is 8.97. The first-order valence-corrected chi connectivity index (χ1v) is 11.5. The Morgan fingerprint density at radius 1 is 1.28 bits per heavy atom. The highest BCUT2D eigenvalue weighted by Gasteiger charge is 2.27. The maximum Gasteiger partial charge on any atom is 0.243 e. The summed E-state index contributed by atoms with van der Waals surface area (Å²) >= 11 is 1.71. The minimum atomic E-state index is -0.00746. The van der Waals surface area contributed by atoms with Crippen molar-refractivity contribution in [3.8, 4) is 0 Å². The van der Waals surface area contributed by atoms with E-state index in [1.807, 2.05) is 6.07 Å². The fraction of sp³-hybridized carbons (Fsp3) is 0.714. The van der Waals surface area contributed by atoms with E-state index >= 15 is 0 Å². The molecule has 0 radical (unpaired) electrons. The summed E-state index contributed by atoms with van der Waals surface area (Å²) in [5.74, 6) is 1.30. The van der Waals surface area contributed by atoms with Crippen LogP contribution >= 0.6 is 11.3 Å². The summed E-state index contributed by atoms with van der Waals surface area (Å²) in [6.45, 7) is 9.71. The Morgan fingerprint density at radius 2 is 2.00 bits per heavy atom. The van der Waals surface area contributed by atoms with Gasteiger partial charge >= 0.3 is 0 Å². The number of ether oxygens (including phenoxy) is 1. The lowest BCUT2D eigenvalue weighted by Gasteiger charge is -2.39. The first-order chi connectivity index (χ1) is 14.0. The molecule has 1 saturated heterocycles. The van der Waals surface area contributed by atoms with Crippen molar-refractivity contribution in [2.45, 2.75) is 39.3 Å². The zero-order valence-electron chi connectivity index (χ0n) is 18.3.